The summed E-state index contributed by atoms with van der Waals surface area (Å²) in [4.78, 5) is 0. The van der Waals surface area contributed by atoms with Crippen LogP contribution in [-0.2, 0) is 19.5 Å². The van der Waals surface area contributed by atoms with Crippen molar-refractivity contribution in [2.75, 3.05) is 11.8 Å². The van der Waals surface area contributed by atoms with E-state index >= 15 is 0 Å². The average Bonchev–Trinajstić information content (AvgIpc) is 1.37. The molecule has 0 aromatic carbocycles. The van der Waals surface area contributed by atoms with Gasteiger partial charge in [0.15, 0.2) is 0 Å². The van der Waals surface area contributed by atoms with Crippen molar-refractivity contribution in [2.45, 2.75) is 0 Å². The van der Waals surface area contributed by atoms with Crippen LogP contribution in [0.25, 0.3) is 0 Å². The van der Waals surface area contributed by atoms with Crippen molar-refractivity contribution in [3.63, 3.8) is 0 Å². The normalized spacial score (nSPS) is 6.00. The minimum atomic E-state index is 0. The number of alkyl halides is 2. The summed E-state index contributed by atoms with van der Waals surface area (Å²) in [5, 5.41) is 0. The molecule has 0 radical (unpaired) electrons. The van der Waals surface area contributed by atoms with E-state index in [1.165, 1.54) is 0 Å². The second-order valence-corrected chi connectivity index (χ2v) is 1.13. The van der Waals surface area contributed by atoms with Crippen LogP contribution in [0.15, 0.2) is 0 Å². The maximum atomic E-state index is 5.05. The van der Waals surface area contributed by atoms with Crippen LogP contribution in [0.5, 0.6) is 0 Å². The zero-order valence-electron chi connectivity index (χ0n) is 2.52. The van der Waals surface area contributed by atoms with Crippen molar-refractivity contribution < 1.29 is 19.5 Å². The molecule has 0 nitrogen and oxygen atoms in total. The Morgan fingerprint density at radius 1 is 1.00 bits per heavy atom. The van der Waals surface area contributed by atoms with Crippen LogP contribution in [0.2, 0.25) is 0 Å². The van der Waals surface area contributed by atoms with Gasteiger partial charge in [0.1, 0.15) is 0 Å². The zero-order chi connectivity index (χ0) is 3.41. The number of rotatable bonds is 1. The zero-order valence-corrected chi connectivity index (χ0v) is 5.77. The fraction of sp³-hybridized carbons (Fsp3) is 1.00. The van der Waals surface area contributed by atoms with Crippen LogP contribution < -0.4 is 0 Å². The maximum Gasteiger partial charge on any atom is 0.0359 e. The third-order valence-corrected chi connectivity index (χ3v) is 0.643. The molecule has 0 N–H and O–H groups in total. The first-order chi connectivity index (χ1) is 1.91. The van der Waals surface area contributed by atoms with E-state index in [-0.39, 0.29) is 19.5 Å². The number of hydrogen-bond acceptors (Lipinski definition) is 0. The van der Waals surface area contributed by atoms with Crippen molar-refractivity contribution in [3.8, 4) is 0 Å². The van der Waals surface area contributed by atoms with Gasteiger partial charge in [-0.3, -0.25) is 0 Å². The first-order valence-corrected chi connectivity index (χ1v) is 2.10. The molecule has 0 aliphatic rings. The maximum absolute atomic E-state index is 5.05. The molecule has 0 aliphatic heterocycles. The van der Waals surface area contributed by atoms with Gasteiger partial charge in [-0.05, 0) is 0 Å². The largest absolute Gasteiger partial charge is 0.125 e. The summed E-state index contributed by atoms with van der Waals surface area (Å²) in [7, 11) is 0. The van der Waals surface area contributed by atoms with Gasteiger partial charge in [0.2, 0.25) is 0 Å². The Morgan fingerprint density at radius 3 is 1.20 bits per heavy atom. The van der Waals surface area contributed by atoms with E-state index in [1.54, 1.807) is 0 Å². The molecule has 34 valence electrons. The molecule has 0 fully saturated rings. The van der Waals surface area contributed by atoms with Gasteiger partial charge in [-0.2, -0.15) is 0 Å². The van der Waals surface area contributed by atoms with Crippen molar-refractivity contribution in [1.82, 2.24) is 0 Å². The topological polar surface area (TPSA) is 0 Å². The van der Waals surface area contributed by atoms with Crippen LogP contribution >= 0.6 is 23.2 Å². The number of hydrogen-bond donors (Lipinski definition) is 0. The summed E-state index contributed by atoms with van der Waals surface area (Å²) in [6.45, 7) is 0. The second kappa shape index (κ2) is 8.96. The smallest absolute Gasteiger partial charge is 0.0359 e. The number of halogens is 2. The summed E-state index contributed by atoms with van der Waals surface area (Å²) in [5.41, 5.74) is 0. The van der Waals surface area contributed by atoms with Crippen molar-refractivity contribution in [1.29, 1.82) is 0 Å². The van der Waals surface area contributed by atoms with Gasteiger partial charge in [-0.25, -0.2) is 0 Å². The third kappa shape index (κ3) is 11.0. The van der Waals surface area contributed by atoms with Crippen LogP contribution in [-0.4, -0.2) is 11.8 Å². The van der Waals surface area contributed by atoms with Gasteiger partial charge in [0.25, 0.3) is 0 Å². The van der Waals surface area contributed by atoms with E-state index < -0.39 is 0 Å². The van der Waals surface area contributed by atoms with E-state index in [2.05, 4.69) is 0 Å². The molecule has 0 bridgehead atoms. The molecular weight excluding hydrogens is 196 g/mol. The molecule has 0 saturated carbocycles. The SMILES string of the molecule is ClCCCl.[Ru]. The molecule has 0 rings (SSSR count). The summed E-state index contributed by atoms with van der Waals surface area (Å²) in [6.07, 6.45) is 0. The Morgan fingerprint density at radius 2 is 1.20 bits per heavy atom. The second-order valence-electron chi connectivity index (χ2n) is 0.378. The van der Waals surface area contributed by atoms with Crippen LogP contribution in [0, 0.1) is 0 Å². The molecule has 0 aromatic heterocycles. The fourth-order valence-corrected chi connectivity index (χ4v) is 0. The van der Waals surface area contributed by atoms with Gasteiger partial charge in [0.05, 0.1) is 0 Å². The minimum Gasteiger partial charge on any atom is -0.125 e. The molecule has 0 amide bonds. The molecule has 0 atom stereocenters. The Bertz CT molecular complexity index is 9.61. The molecular formula is C2H4Cl2Ru. The molecule has 0 saturated heterocycles. The minimum absolute atomic E-state index is 0. The average molecular weight is 200 g/mol. The van der Waals surface area contributed by atoms with Crippen LogP contribution in [0.1, 0.15) is 0 Å². The van der Waals surface area contributed by atoms with E-state index in [4.69, 9.17) is 23.2 Å². The van der Waals surface area contributed by atoms with E-state index in [9.17, 15) is 0 Å². The predicted molar refractivity (Wildman–Crippen MR) is 21.4 cm³/mol. The van der Waals surface area contributed by atoms with Gasteiger partial charge in [-0.15, -0.1) is 23.2 Å². The Kier molecular flexibility index (Phi) is 17.0. The van der Waals surface area contributed by atoms with Crippen LogP contribution in [0.4, 0.5) is 0 Å². The first-order valence-electron chi connectivity index (χ1n) is 1.03. The predicted octanol–water partition coefficient (Wildman–Crippen LogP) is 1.46. The van der Waals surface area contributed by atoms with Gasteiger partial charge in [0, 0.05) is 31.2 Å². The van der Waals surface area contributed by atoms with Crippen molar-refractivity contribution >= 4 is 23.2 Å². The quantitative estimate of drug-likeness (QED) is 0.444. The van der Waals surface area contributed by atoms with E-state index in [1.807, 2.05) is 0 Å². The van der Waals surface area contributed by atoms with Crippen LogP contribution in [0.3, 0.4) is 0 Å². The summed E-state index contributed by atoms with van der Waals surface area (Å²) in [6, 6.07) is 0. The molecule has 0 heterocycles. The fourth-order valence-electron chi connectivity index (χ4n) is 0. The van der Waals surface area contributed by atoms with Crippen molar-refractivity contribution in [3.05, 3.63) is 0 Å². The van der Waals surface area contributed by atoms with E-state index in [0.29, 0.717) is 11.8 Å². The molecule has 0 aromatic rings. The monoisotopic (exact) mass is 200 g/mol. The van der Waals surface area contributed by atoms with Gasteiger partial charge < -0.3 is 0 Å². The molecule has 0 spiro atoms. The molecule has 3 heteroatoms. The van der Waals surface area contributed by atoms with Gasteiger partial charge >= 0.3 is 0 Å². The van der Waals surface area contributed by atoms with Gasteiger partial charge in [-0.1, -0.05) is 0 Å². The Hall–Kier alpha value is 1.20. The Labute approximate surface area is 54.6 Å². The molecule has 0 aliphatic carbocycles. The molecule has 5 heavy (non-hydrogen) atoms. The van der Waals surface area contributed by atoms with E-state index in [0.717, 1.165) is 0 Å². The summed E-state index contributed by atoms with van der Waals surface area (Å²) >= 11 is 10.1. The standard InChI is InChI=1S/C2H4Cl2.Ru/c3-1-2-4;/h1-2H2;. The third-order valence-electron chi connectivity index (χ3n) is 0.0714. The summed E-state index contributed by atoms with van der Waals surface area (Å²) < 4.78 is 0. The van der Waals surface area contributed by atoms with Crippen molar-refractivity contribution in [2.24, 2.45) is 0 Å². The first kappa shape index (κ1) is 9.51. The Balaban J connectivity index is 0. The molecule has 0 unspecified atom stereocenters. The summed E-state index contributed by atoms with van der Waals surface area (Å²) in [5.74, 6) is 1.11.